The minimum absolute atomic E-state index is 0.335. The summed E-state index contributed by atoms with van der Waals surface area (Å²) in [7, 11) is -1.61. The Hall–Kier alpha value is 0.140. The molecular weight excluding hydrogens is 346 g/mol. The third-order valence-corrected chi connectivity index (χ3v) is 8.47. The summed E-state index contributed by atoms with van der Waals surface area (Å²) < 4.78 is 34.6. The standard InChI is InChI=1S/C16H31N3O3S2/c1-22-14-15-3-2-6-19(13-15)24(20,21)18-7-4-16(5-8-18)17-9-11-23-12-10-17/h15-16H,2-14H2,1H3. The fourth-order valence-electron chi connectivity index (χ4n) is 4.15. The summed E-state index contributed by atoms with van der Waals surface area (Å²) in [5, 5.41) is 0. The molecule has 0 N–H and O–H groups in total. The minimum atomic E-state index is -3.30. The van der Waals surface area contributed by atoms with Crippen molar-refractivity contribution in [3.8, 4) is 0 Å². The van der Waals surface area contributed by atoms with Gasteiger partial charge in [-0.3, -0.25) is 4.90 Å². The number of ether oxygens (including phenoxy) is 1. The molecule has 0 radical (unpaired) electrons. The van der Waals surface area contributed by atoms with Gasteiger partial charge < -0.3 is 4.74 Å². The Morgan fingerprint density at radius 2 is 1.71 bits per heavy atom. The second-order valence-electron chi connectivity index (χ2n) is 7.11. The average Bonchev–Trinajstić information content (AvgIpc) is 2.63. The van der Waals surface area contributed by atoms with E-state index >= 15 is 0 Å². The van der Waals surface area contributed by atoms with Crippen LogP contribution in [0.4, 0.5) is 0 Å². The molecule has 0 aromatic heterocycles. The fourth-order valence-corrected chi connectivity index (χ4v) is 6.84. The van der Waals surface area contributed by atoms with Gasteiger partial charge in [0.2, 0.25) is 0 Å². The zero-order chi connectivity index (χ0) is 17.0. The molecule has 3 fully saturated rings. The summed E-state index contributed by atoms with van der Waals surface area (Å²) in [6, 6.07) is 0.569. The van der Waals surface area contributed by atoms with Crippen molar-refractivity contribution < 1.29 is 13.2 Å². The van der Waals surface area contributed by atoms with Gasteiger partial charge in [-0.15, -0.1) is 0 Å². The zero-order valence-corrected chi connectivity index (χ0v) is 16.4. The Kier molecular flexibility index (Phi) is 6.85. The van der Waals surface area contributed by atoms with E-state index in [1.54, 1.807) is 15.7 Å². The van der Waals surface area contributed by atoms with Crippen LogP contribution >= 0.6 is 11.8 Å². The Morgan fingerprint density at radius 1 is 1.00 bits per heavy atom. The van der Waals surface area contributed by atoms with Crippen molar-refractivity contribution in [2.45, 2.75) is 31.7 Å². The lowest BCUT2D eigenvalue weighted by Crippen LogP contribution is -2.53. The third-order valence-electron chi connectivity index (χ3n) is 5.52. The minimum Gasteiger partial charge on any atom is -0.384 e. The van der Waals surface area contributed by atoms with Gasteiger partial charge in [0.05, 0.1) is 6.61 Å². The normalized spacial score (nSPS) is 29.8. The Balaban J connectivity index is 1.54. The predicted octanol–water partition coefficient (Wildman–Crippen LogP) is 1.10. The van der Waals surface area contributed by atoms with E-state index in [9.17, 15) is 8.42 Å². The van der Waals surface area contributed by atoms with Crippen LogP contribution in [0, 0.1) is 5.92 Å². The topological polar surface area (TPSA) is 53.1 Å². The van der Waals surface area contributed by atoms with Crippen LogP contribution in [0.3, 0.4) is 0 Å². The summed E-state index contributed by atoms with van der Waals surface area (Å²) in [5.74, 6) is 2.77. The smallest absolute Gasteiger partial charge is 0.281 e. The Bertz CT molecular complexity index is 487. The molecule has 3 rings (SSSR count). The van der Waals surface area contributed by atoms with E-state index in [1.165, 1.54) is 11.5 Å². The molecule has 24 heavy (non-hydrogen) atoms. The molecule has 1 atom stereocenters. The summed E-state index contributed by atoms with van der Waals surface area (Å²) >= 11 is 2.03. The van der Waals surface area contributed by atoms with Crippen LogP contribution in [-0.2, 0) is 14.9 Å². The maximum atomic E-state index is 13.0. The zero-order valence-electron chi connectivity index (χ0n) is 14.7. The molecule has 0 aliphatic carbocycles. The second-order valence-corrected chi connectivity index (χ2v) is 10.3. The maximum absolute atomic E-state index is 13.0. The van der Waals surface area contributed by atoms with Crippen LogP contribution in [0.1, 0.15) is 25.7 Å². The van der Waals surface area contributed by atoms with E-state index in [0.29, 0.717) is 44.7 Å². The number of thioether (sulfide) groups is 1. The first-order valence-electron chi connectivity index (χ1n) is 9.17. The van der Waals surface area contributed by atoms with Crippen molar-refractivity contribution in [1.82, 2.24) is 13.5 Å². The first-order valence-corrected chi connectivity index (χ1v) is 11.7. The largest absolute Gasteiger partial charge is 0.384 e. The first-order chi connectivity index (χ1) is 11.6. The highest BCUT2D eigenvalue weighted by Gasteiger charge is 2.36. The molecule has 0 aromatic rings. The molecule has 140 valence electrons. The van der Waals surface area contributed by atoms with E-state index in [4.69, 9.17) is 4.74 Å². The molecule has 1 unspecified atom stereocenters. The molecule has 3 aliphatic rings. The lowest BCUT2D eigenvalue weighted by molar-refractivity contribution is 0.113. The quantitative estimate of drug-likeness (QED) is 0.718. The average molecular weight is 378 g/mol. The number of hydrogen-bond donors (Lipinski definition) is 0. The summed E-state index contributed by atoms with van der Waals surface area (Å²) in [6.45, 7) is 5.58. The SMILES string of the molecule is COCC1CCCN(S(=O)(=O)N2CCC(N3CCSCC3)CC2)C1. The van der Waals surface area contributed by atoms with Crippen molar-refractivity contribution in [1.29, 1.82) is 0 Å². The molecule has 3 aliphatic heterocycles. The van der Waals surface area contributed by atoms with Gasteiger partial charge in [-0.2, -0.15) is 28.8 Å². The molecule has 0 saturated carbocycles. The predicted molar refractivity (Wildman–Crippen MR) is 98.6 cm³/mol. The molecule has 3 saturated heterocycles. The molecule has 8 heteroatoms. The van der Waals surface area contributed by atoms with Gasteiger partial charge in [-0.05, 0) is 31.6 Å². The van der Waals surface area contributed by atoms with Crippen LogP contribution in [0.5, 0.6) is 0 Å². The van der Waals surface area contributed by atoms with E-state index < -0.39 is 10.2 Å². The summed E-state index contributed by atoms with van der Waals surface area (Å²) in [4.78, 5) is 2.57. The van der Waals surface area contributed by atoms with Gasteiger partial charge in [-0.1, -0.05) is 0 Å². The lowest BCUT2D eigenvalue weighted by Gasteiger charge is -2.41. The van der Waals surface area contributed by atoms with Crippen molar-refractivity contribution in [3.63, 3.8) is 0 Å². The first kappa shape index (κ1) is 18.9. The highest BCUT2D eigenvalue weighted by molar-refractivity contribution is 7.99. The molecule has 3 heterocycles. The van der Waals surface area contributed by atoms with Gasteiger partial charge in [-0.25, -0.2) is 0 Å². The second kappa shape index (κ2) is 8.68. The van der Waals surface area contributed by atoms with Gasteiger partial charge >= 0.3 is 0 Å². The van der Waals surface area contributed by atoms with Crippen LogP contribution in [0.25, 0.3) is 0 Å². The van der Waals surface area contributed by atoms with E-state index in [1.807, 2.05) is 11.8 Å². The number of nitrogens with zero attached hydrogens (tertiary/aromatic N) is 3. The highest BCUT2D eigenvalue weighted by atomic mass is 32.2. The van der Waals surface area contributed by atoms with E-state index in [-0.39, 0.29) is 0 Å². The molecule has 6 nitrogen and oxygen atoms in total. The molecule has 0 amide bonds. The molecule has 0 bridgehead atoms. The number of piperidine rings is 2. The van der Waals surface area contributed by atoms with E-state index in [2.05, 4.69) is 4.90 Å². The molecular formula is C16H31N3O3S2. The van der Waals surface area contributed by atoms with Crippen molar-refractivity contribution in [3.05, 3.63) is 0 Å². The van der Waals surface area contributed by atoms with Crippen LogP contribution in [0.15, 0.2) is 0 Å². The molecule has 0 spiro atoms. The van der Waals surface area contributed by atoms with Crippen LogP contribution in [-0.4, -0.2) is 92.5 Å². The van der Waals surface area contributed by atoms with Crippen molar-refractivity contribution in [2.75, 3.05) is 64.5 Å². The third kappa shape index (κ3) is 4.45. The number of methoxy groups -OCH3 is 1. The number of rotatable bonds is 5. The maximum Gasteiger partial charge on any atom is 0.281 e. The van der Waals surface area contributed by atoms with Gasteiger partial charge in [0.25, 0.3) is 10.2 Å². The fraction of sp³-hybridized carbons (Fsp3) is 1.00. The highest BCUT2D eigenvalue weighted by Crippen LogP contribution is 2.26. The Morgan fingerprint density at radius 3 is 2.38 bits per heavy atom. The van der Waals surface area contributed by atoms with Crippen molar-refractivity contribution in [2.24, 2.45) is 5.92 Å². The van der Waals surface area contributed by atoms with Crippen LogP contribution < -0.4 is 0 Å². The Labute approximate surface area is 151 Å². The monoisotopic (exact) mass is 377 g/mol. The molecule has 0 aromatic carbocycles. The number of hydrogen-bond acceptors (Lipinski definition) is 5. The van der Waals surface area contributed by atoms with Gasteiger partial charge in [0, 0.05) is 63.9 Å². The summed E-state index contributed by atoms with van der Waals surface area (Å²) in [5.41, 5.74) is 0. The lowest BCUT2D eigenvalue weighted by atomic mass is 10.0. The van der Waals surface area contributed by atoms with Crippen LogP contribution in [0.2, 0.25) is 0 Å². The van der Waals surface area contributed by atoms with Gasteiger partial charge in [0.1, 0.15) is 0 Å². The van der Waals surface area contributed by atoms with Crippen molar-refractivity contribution >= 4 is 22.0 Å². The van der Waals surface area contributed by atoms with E-state index in [0.717, 1.165) is 38.8 Å². The van der Waals surface area contributed by atoms with Gasteiger partial charge in [0.15, 0.2) is 0 Å². The summed E-state index contributed by atoms with van der Waals surface area (Å²) in [6.07, 6.45) is 3.95.